The molecule has 1 aliphatic heterocycles. The molecule has 1 fully saturated rings. The van der Waals surface area contributed by atoms with Crippen molar-refractivity contribution in [1.82, 2.24) is 24.6 Å². The predicted molar refractivity (Wildman–Crippen MR) is 87.5 cm³/mol. The Morgan fingerprint density at radius 1 is 1.26 bits per heavy atom. The lowest BCUT2D eigenvalue weighted by Crippen LogP contribution is -2.40. The highest BCUT2D eigenvalue weighted by molar-refractivity contribution is 5.78. The SMILES string of the molecule is Cc1cnn(-c2ncncc2N2CCC(C(=O)N(C)C)CC2)c1. The first kappa shape index (κ1) is 15.5. The summed E-state index contributed by atoms with van der Waals surface area (Å²) < 4.78 is 1.78. The Labute approximate surface area is 135 Å². The topological polar surface area (TPSA) is 67.2 Å². The molecule has 1 amide bonds. The van der Waals surface area contributed by atoms with Crippen molar-refractivity contribution in [2.24, 2.45) is 5.92 Å². The maximum Gasteiger partial charge on any atom is 0.225 e. The van der Waals surface area contributed by atoms with Crippen LogP contribution in [0, 0.1) is 12.8 Å². The van der Waals surface area contributed by atoms with Crippen molar-refractivity contribution in [1.29, 1.82) is 0 Å². The molecule has 0 aliphatic carbocycles. The van der Waals surface area contributed by atoms with E-state index in [1.54, 1.807) is 9.58 Å². The molecular weight excluding hydrogens is 292 g/mol. The van der Waals surface area contributed by atoms with Gasteiger partial charge in [-0.3, -0.25) is 4.79 Å². The van der Waals surface area contributed by atoms with Crippen LogP contribution < -0.4 is 4.90 Å². The lowest BCUT2D eigenvalue weighted by molar-refractivity contribution is -0.133. The van der Waals surface area contributed by atoms with Crippen LogP contribution in [0.2, 0.25) is 0 Å². The van der Waals surface area contributed by atoms with Gasteiger partial charge in [0.2, 0.25) is 5.91 Å². The fourth-order valence-corrected chi connectivity index (χ4v) is 2.98. The summed E-state index contributed by atoms with van der Waals surface area (Å²) in [6.45, 7) is 3.65. The third-order valence-electron chi connectivity index (χ3n) is 4.23. The van der Waals surface area contributed by atoms with Gasteiger partial charge in [-0.15, -0.1) is 0 Å². The fourth-order valence-electron chi connectivity index (χ4n) is 2.98. The third-order valence-corrected chi connectivity index (χ3v) is 4.23. The van der Waals surface area contributed by atoms with Gasteiger partial charge in [0, 0.05) is 39.3 Å². The van der Waals surface area contributed by atoms with E-state index in [2.05, 4.69) is 20.0 Å². The van der Waals surface area contributed by atoms with Gasteiger partial charge < -0.3 is 9.80 Å². The van der Waals surface area contributed by atoms with E-state index in [0.29, 0.717) is 0 Å². The van der Waals surface area contributed by atoms with Crippen LogP contribution in [-0.4, -0.2) is 57.7 Å². The Morgan fingerprint density at radius 2 is 2.00 bits per heavy atom. The number of rotatable bonds is 3. The Bertz CT molecular complexity index is 687. The Hall–Kier alpha value is -2.44. The van der Waals surface area contributed by atoms with Gasteiger partial charge in [-0.2, -0.15) is 5.10 Å². The molecule has 1 saturated heterocycles. The van der Waals surface area contributed by atoms with Crippen molar-refractivity contribution in [3.8, 4) is 5.82 Å². The number of aromatic nitrogens is 4. The quantitative estimate of drug-likeness (QED) is 0.853. The van der Waals surface area contributed by atoms with Crippen LogP contribution in [0.15, 0.2) is 24.9 Å². The summed E-state index contributed by atoms with van der Waals surface area (Å²) in [6.07, 6.45) is 8.83. The largest absolute Gasteiger partial charge is 0.367 e. The van der Waals surface area contributed by atoms with Crippen LogP contribution >= 0.6 is 0 Å². The molecule has 122 valence electrons. The van der Waals surface area contributed by atoms with E-state index >= 15 is 0 Å². The normalized spacial score (nSPS) is 15.7. The third kappa shape index (κ3) is 3.18. The molecule has 2 aromatic heterocycles. The van der Waals surface area contributed by atoms with Gasteiger partial charge in [-0.05, 0) is 25.3 Å². The molecule has 2 aromatic rings. The van der Waals surface area contributed by atoms with E-state index in [4.69, 9.17) is 0 Å². The number of amides is 1. The number of aryl methyl sites for hydroxylation is 1. The van der Waals surface area contributed by atoms with Gasteiger partial charge in [-0.25, -0.2) is 14.6 Å². The molecule has 3 heterocycles. The van der Waals surface area contributed by atoms with E-state index in [9.17, 15) is 4.79 Å². The highest BCUT2D eigenvalue weighted by Crippen LogP contribution is 2.27. The molecule has 1 aliphatic rings. The molecule has 7 heteroatoms. The average molecular weight is 314 g/mol. The molecule has 0 unspecified atom stereocenters. The van der Waals surface area contributed by atoms with Crippen LogP contribution in [0.1, 0.15) is 18.4 Å². The molecule has 0 aromatic carbocycles. The van der Waals surface area contributed by atoms with Crippen LogP contribution in [0.4, 0.5) is 5.69 Å². The lowest BCUT2D eigenvalue weighted by atomic mass is 9.95. The maximum absolute atomic E-state index is 12.1. The summed E-state index contributed by atoms with van der Waals surface area (Å²) >= 11 is 0. The zero-order chi connectivity index (χ0) is 16.4. The number of anilines is 1. The predicted octanol–water partition coefficient (Wildman–Crippen LogP) is 1.28. The van der Waals surface area contributed by atoms with Crippen molar-refractivity contribution in [2.45, 2.75) is 19.8 Å². The van der Waals surface area contributed by atoms with E-state index < -0.39 is 0 Å². The van der Waals surface area contributed by atoms with Gasteiger partial charge in [0.05, 0.1) is 12.4 Å². The Kier molecular flexibility index (Phi) is 4.27. The molecule has 0 spiro atoms. The standard InChI is InChI=1S/C16H22N6O/c1-12-8-19-22(10-12)15-14(9-17-11-18-15)21-6-4-13(5-7-21)16(23)20(2)3/h8-11,13H,4-7H2,1-3H3. The molecule has 0 radical (unpaired) electrons. The summed E-state index contributed by atoms with van der Waals surface area (Å²) in [6, 6.07) is 0. The van der Waals surface area contributed by atoms with E-state index in [1.165, 1.54) is 6.33 Å². The second-order valence-corrected chi connectivity index (χ2v) is 6.19. The average Bonchev–Trinajstić information content (AvgIpc) is 3.00. The van der Waals surface area contributed by atoms with Gasteiger partial charge in [0.1, 0.15) is 12.0 Å². The molecule has 3 rings (SSSR count). The number of carbonyl (C=O) groups excluding carboxylic acids is 1. The van der Waals surface area contributed by atoms with Crippen molar-refractivity contribution in [3.05, 3.63) is 30.5 Å². The Morgan fingerprint density at radius 3 is 2.61 bits per heavy atom. The summed E-state index contributed by atoms with van der Waals surface area (Å²) in [5, 5.41) is 4.35. The van der Waals surface area contributed by atoms with Crippen molar-refractivity contribution < 1.29 is 4.79 Å². The minimum atomic E-state index is 0.112. The van der Waals surface area contributed by atoms with E-state index in [1.807, 2.05) is 39.6 Å². The minimum absolute atomic E-state index is 0.112. The summed E-state index contributed by atoms with van der Waals surface area (Å²) in [4.78, 5) is 24.6. The summed E-state index contributed by atoms with van der Waals surface area (Å²) in [5.74, 6) is 1.11. The van der Waals surface area contributed by atoms with Crippen molar-refractivity contribution in [3.63, 3.8) is 0 Å². The molecular formula is C16H22N6O. The fraction of sp³-hybridized carbons (Fsp3) is 0.500. The van der Waals surface area contributed by atoms with Crippen LogP contribution in [0.5, 0.6) is 0 Å². The number of hydrogen-bond acceptors (Lipinski definition) is 5. The van der Waals surface area contributed by atoms with Crippen LogP contribution in [0.3, 0.4) is 0 Å². The zero-order valence-corrected chi connectivity index (χ0v) is 13.8. The zero-order valence-electron chi connectivity index (χ0n) is 13.8. The monoisotopic (exact) mass is 314 g/mol. The number of hydrogen-bond donors (Lipinski definition) is 0. The molecule has 0 atom stereocenters. The first-order chi connectivity index (χ1) is 11.1. The van der Waals surface area contributed by atoms with Crippen molar-refractivity contribution in [2.75, 3.05) is 32.1 Å². The maximum atomic E-state index is 12.1. The number of carbonyl (C=O) groups is 1. The van der Waals surface area contributed by atoms with Crippen LogP contribution in [0.25, 0.3) is 5.82 Å². The van der Waals surface area contributed by atoms with Gasteiger partial charge in [-0.1, -0.05) is 0 Å². The summed E-state index contributed by atoms with van der Waals surface area (Å²) in [5.41, 5.74) is 2.05. The second-order valence-electron chi connectivity index (χ2n) is 6.19. The van der Waals surface area contributed by atoms with Crippen molar-refractivity contribution >= 4 is 11.6 Å². The van der Waals surface area contributed by atoms with Crippen LogP contribution in [-0.2, 0) is 4.79 Å². The molecule has 0 bridgehead atoms. The highest BCUT2D eigenvalue weighted by atomic mass is 16.2. The highest BCUT2D eigenvalue weighted by Gasteiger charge is 2.27. The second kappa shape index (κ2) is 6.36. The minimum Gasteiger partial charge on any atom is -0.367 e. The molecule has 0 N–H and O–H groups in total. The van der Waals surface area contributed by atoms with Gasteiger partial charge in [0.15, 0.2) is 5.82 Å². The Balaban J connectivity index is 1.78. The van der Waals surface area contributed by atoms with E-state index in [-0.39, 0.29) is 11.8 Å². The number of nitrogens with zero attached hydrogens (tertiary/aromatic N) is 6. The molecule has 0 saturated carbocycles. The molecule has 7 nitrogen and oxygen atoms in total. The first-order valence-corrected chi connectivity index (χ1v) is 7.84. The smallest absolute Gasteiger partial charge is 0.225 e. The van der Waals surface area contributed by atoms with Gasteiger partial charge >= 0.3 is 0 Å². The lowest BCUT2D eigenvalue weighted by Gasteiger charge is -2.34. The van der Waals surface area contributed by atoms with E-state index in [0.717, 1.165) is 43.0 Å². The molecule has 23 heavy (non-hydrogen) atoms. The number of piperidine rings is 1. The summed E-state index contributed by atoms with van der Waals surface area (Å²) in [7, 11) is 3.63. The first-order valence-electron chi connectivity index (χ1n) is 7.84. The van der Waals surface area contributed by atoms with Gasteiger partial charge in [0.25, 0.3) is 0 Å².